The topological polar surface area (TPSA) is 72.8 Å². The first-order valence-electron chi connectivity index (χ1n) is 7.09. The molecule has 23 heavy (non-hydrogen) atoms. The molecule has 0 unspecified atom stereocenters. The zero-order valence-corrected chi connectivity index (χ0v) is 13.3. The number of aromatic hydroxyl groups is 1. The van der Waals surface area contributed by atoms with Crippen molar-refractivity contribution in [2.45, 2.75) is 13.8 Å². The van der Waals surface area contributed by atoms with Crippen LogP contribution in [-0.2, 0) is 0 Å². The number of carbonyl (C=O) groups excluding carboxylic acids is 2. The van der Waals surface area contributed by atoms with Crippen molar-refractivity contribution in [2.24, 2.45) is 0 Å². The fourth-order valence-corrected chi connectivity index (χ4v) is 2.86. The highest BCUT2D eigenvalue weighted by atomic mass is 16.5. The molecule has 0 bridgehead atoms. The Morgan fingerprint density at radius 3 is 2.13 bits per heavy atom. The van der Waals surface area contributed by atoms with Crippen molar-refractivity contribution >= 4 is 11.6 Å². The van der Waals surface area contributed by atoms with Gasteiger partial charge >= 0.3 is 0 Å². The summed E-state index contributed by atoms with van der Waals surface area (Å²) in [7, 11) is 2.89. The molecule has 0 radical (unpaired) electrons. The minimum absolute atomic E-state index is 0.0362. The third-order valence-corrected chi connectivity index (χ3v) is 4.29. The van der Waals surface area contributed by atoms with Gasteiger partial charge in [0.1, 0.15) is 17.2 Å². The van der Waals surface area contributed by atoms with Crippen molar-refractivity contribution in [1.29, 1.82) is 0 Å². The summed E-state index contributed by atoms with van der Waals surface area (Å²) >= 11 is 0. The first-order chi connectivity index (χ1) is 10.9. The van der Waals surface area contributed by atoms with E-state index in [-0.39, 0.29) is 39.5 Å². The molecule has 1 aliphatic rings. The maximum absolute atomic E-state index is 12.9. The Hall–Kier alpha value is -2.82. The number of hydrogen-bond acceptors (Lipinski definition) is 5. The summed E-state index contributed by atoms with van der Waals surface area (Å²) in [6.07, 6.45) is 0. The molecule has 5 nitrogen and oxygen atoms in total. The van der Waals surface area contributed by atoms with Gasteiger partial charge in [-0.25, -0.2) is 0 Å². The molecule has 0 fully saturated rings. The van der Waals surface area contributed by atoms with Gasteiger partial charge in [-0.1, -0.05) is 0 Å². The number of rotatable bonds is 2. The summed E-state index contributed by atoms with van der Waals surface area (Å²) in [6, 6.07) is 4.71. The van der Waals surface area contributed by atoms with Gasteiger partial charge in [0, 0.05) is 17.2 Å². The SMILES string of the molecule is COc1cc(OC)c2c(c1)C(=O)c1cc(C)c(C)c(O)c1C2=O. The van der Waals surface area contributed by atoms with E-state index in [9.17, 15) is 14.7 Å². The Bertz CT molecular complexity index is 864. The van der Waals surface area contributed by atoms with Crippen LogP contribution in [0.15, 0.2) is 18.2 Å². The average Bonchev–Trinajstić information content (AvgIpc) is 2.55. The number of hydrogen-bond donors (Lipinski definition) is 1. The van der Waals surface area contributed by atoms with Crippen molar-refractivity contribution < 1.29 is 24.2 Å². The van der Waals surface area contributed by atoms with Crippen LogP contribution in [-0.4, -0.2) is 30.9 Å². The molecule has 0 spiro atoms. The summed E-state index contributed by atoms with van der Waals surface area (Å²) in [5.41, 5.74) is 1.96. The standard InChI is InChI=1S/C18H16O5/c1-8-5-11-15(16(19)9(8)2)18(21)14-12(17(11)20)6-10(22-3)7-13(14)23-4/h5-7,19H,1-4H3. The van der Waals surface area contributed by atoms with Crippen LogP contribution in [0, 0.1) is 13.8 Å². The second-order valence-electron chi connectivity index (χ2n) is 5.50. The molecule has 1 N–H and O–H groups in total. The third-order valence-electron chi connectivity index (χ3n) is 4.29. The Labute approximate surface area is 133 Å². The molecule has 1 aliphatic carbocycles. The molecular formula is C18H16O5. The molecule has 2 aromatic rings. The van der Waals surface area contributed by atoms with Gasteiger partial charge in [-0.2, -0.15) is 0 Å². The highest BCUT2D eigenvalue weighted by Crippen LogP contribution is 2.40. The quantitative estimate of drug-likeness (QED) is 0.787. The normalized spacial score (nSPS) is 12.7. The van der Waals surface area contributed by atoms with Crippen LogP contribution in [0.3, 0.4) is 0 Å². The number of phenols is 1. The highest BCUT2D eigenvalue weighted by molar-refractivity contribution is 6.30. The number of aryl methyl sites for hydroxylation is 1. The first-order valence-corrected chi connectivity index (χ1v) is 7.09. The number of ether oxygens (including phenoxy) is 2. The summed E-state index contributed by atoms with van der Waals surface area (Å²) in [6.45, 7) is 3.50. The van der Waals surface area contributed by atoms with Crippen molar-refractivity contribution in [3.8, 4) is 17.2 Å². The van der Waals surface area contributed by atoms with Crippen LogP contribution in [0.25, 0.3) is 0 Å². The molecule has 0 heterocycles. The van der Waals surface area contributed by atoms with Crippen LogP contribution in [0.1, 0.15) is 43.0 Å². The van der Waals surface area contributed by atoms with E-state index in [1.807, 2.05) is 0 Å². The van der Waals surface area contributed by atoms with Crippen molar-refractivity contribution in [1.82, 2.24) is 0 Å². The summed E-state index contributed by atoms with van der Waals surface area (Å²) < 4.78 is 10.4. The average molecular weight is 312 g/mol. The van der Waals surface area contributed by atoms with Gasteiger partial charge in [0.25, 0.3) is 0 Å². The van der Waals surface area contributed by atoms with Crippen molar-refractivity contribution in [2.75, 3.05) is 14.2 Å². The molecule has 118 valence electrons. The molecule has 0 saturated carbocycles. The third kappa shape index (κ3) is 2.00. The van der Waals surface area contributed by atoms with Gasteiger partial charge in [-0.15, -0.1) is 0 Å². The Morgan fingerprint density at radius 2 is 1.52 bits per heavy atom. The molecule has 0 amide bonds. The van der Waals surface area contributed by atoms with E-state index < -0.39 is 5.78 Å². The predicted octanol–water partition coefficient (Wildman–Crippen LogP) is 2.80. The van der Waals surface area contributed by atoms with Gasteiger partial charge in [0.05, 0.1) is 25.3 Å². The Balaban J connectivity index is 2.38. The van der Waals surface area contributed by atoms with E-state index in [1.54, 1.807) is 26.0 Å². The minimum Gasteiger partial charge on any atom is -0.507 e. The highest BCUT2D eigenvalue weighted by Gasteiger charge is 2.36. The molecular weight excluding hydrogens is 296 g/mol. The zero-order chi connectivity index (χ0) is 16.9. The molecule has 0 aliphatic heterocycles. The Morgan fingerprint density at radius 1 is 0.870 bits per heavy atom. The van der Waals surface area contributed by atoms with E-state index in [1.165, 1.54) is 20.3 Å². The fraction of sp³-hybridized carbons (Fsp3) is 0.222. The van der Waals surface area contributed by atoms with E-state index in [2.05, 4.69) is 0 Å². The maximum atomic E-state index is 12.9. The largest absolute Gasteiger partial charge is 0.507 e. The van der Waals surface area contributed by atoms with Crippen LogP contribution in [0.2, 0.25) is 0 Å². The summed E-state index contributed by atoms with van der Waals surface area (Å²) in [5.74, 6) is -0.221. The summed E-state index contributed by atoms with van der Waals surface area (Å²) in [5, 5.41) is 10.4. The lowest BCUT2D eigenvalue weighted by Crippen LogP contribution is -2.22. The predicted molar refractivity (Wildman–Crippen MR) is 84.0 cm³/mol. The second-order valence-corrected chi connectivity index (χ2v) is 5.50. The first kappa shape index (κ1) is 15.1. The molecule has 5 heteroatoms. The van der Waals surface area contributed by atoms with Crippen LogP contribution in [0.4, 0.5) is 0 Å². The van der Waals surface area contributed by atoms with E-state index in [4.69, 9.17) is 9.47 Å². The molecule has 2 aromatic carbocycles. The van der Waals surface area contributed by atoms with Crippen LogP contribution < -0.4 is 9.47 Å². The van der Waals surface area contributed by atoms with E-state index >= 15 is 0 Å². The lowest BCUT2D eigenvalue weighted by molar-refractivity contribution is 0.0973. The van der Waals surface area contributed by atoms with E-state index in [0.717, 1.165) is 5.56 Å². The maximum Gasteiger partial charge on any atom is 0.201 e. The number of fused-ring (bicyclic) bond motifs is 2. The zero-order valence-electron chi connectivity index (χ0n) is 13.3. The lowest BCUT2D eigenvalue weighted by Gasteiger charge is -2.22. The van der Waals surface area contributed by atoms with Gasteiger partial charge in [0.2, 0.25) is 5.78 Å². The summed E-state index contributed by atoms with van der Waals surface area (Å²) in [4.78, 5) is 25.7. The minimum atomic E-state index is -0.422. The van der Waals surface area contributed by atoms with Crippen molar-refractivity contribution in [3.63, 3.8) is 0 Å². The fourth-order valence-electron chi connectivity index (χ4n) is 2.86. The molecule has 0 atom stereocenters. The smallest absolute Gasteiger partial charge is 0.201 e. The van der Waals surface area contributed by atoms with E-state index in [0.29, 0.717) is 11.3 Å². The van der Waals surface area contributed by atoms with Gasteiger partial charge < -0.3 is 14.6 Å². The second kappa shape index (κ2) is 5.12. The van der Waals surface area contributed by atoms with Gasteiger partial charge in [0.15, 0.2) is 5.78 Å². The number of phenolic OH excluding ortho intramolecular Hbond substituents is 1. The molecule has 0 aromatic heterocycles. The number of benzene rings is 2. The number of carbonyl (C=O) groups is 2. The molecule has 3 rings (SSSR count). The number of ketones is 2. The van der Waals surface area contributed by atoms with Crippen LogP contribution in [0.5, 0.6) is 17.2 Å². The van der Waals surface area contributed by atoms with Gasteiger partial charge in [-0.3, -0.25) is 9.59 Å². The Kier molecular flexibility index (Phi) is 3.36. The monoisotopic (exact) mass is 312 g/mol. The number of methoxy groups -OCH3 is 2. The molecule has 0 saturated heterocycles. The lowest BCUT2D eigenvalue weighted by atomic mass is 9.81. The van der Waals surface area contributed by atoms with Crippen molar-refractivity contribution in [3.05, 3.63) is 51.6 Å². The van der Waals surface area contributed by atoms with Gasteiger partial charge in [-0.05, 0) is 37.1 Å². The van der Waals surface area contributed by atoms with Crippen LogP contribution >= 0.6 is 0 Å².